The Kier molecular flexibility index (Phi) is 5.07. The van der Waals surface area contributed by atoms with Gasteiger partial charge in [0.25, 0.3) is 0 Å². The summed E-state index contributed by atoms with van der Waals surface area (Å²) in [5, 5.41) is 12.7. The summed E-state index contributed by atoms with van der Waals surface area (Å²) in [5.41, 5.74) is 1.54. The number of aromatic hydroxyl groups is 1. The van der Waals surface area contributed by atoms with Crippen LogP contribution in [-0.2, 0) is 13.6 Å². The lowest BCUT2D eigenvalue weighted by Gasteiger charge is -2.31. The van der Waals surface area contributed by atoms with Crippen molar-refractivity contribution in [2.24, 2.45) is 0 Å². The van der Waals surface area contributed by atoms with Gasteiger partial charge in [0.05, 0.1) is 13.2 Å². The molecule has 0 spiro atoms. The molecule has 0 aliphatic carbocycles. The third-order valence-corrected chi connectivity index (χ3v) is 6.18. The first-order valence-electron chi connectivity index (χ1n) is 7.27. The number of phenols is 1. The lowest BCUT2D eigenvalue weighted by Crippen LogP contribution is -2.19. The zero-order valence-electron chi connectivity index (χ0n) is 12.3. The third-order valence-electron chi connectivity index (χ3n) is 3.50. The predicted molar refractivity (Wildman–Crippen MR) is 92.7 cm³/mol. The van der Waals surface area contributed by atoms with Crippen LogP contribution in [-0.4, -0.2) is 18.3 Å². The van der Waals surface area contributed by atoms with Crippen LogP contribution in [0.25, 0.3) is 0 Å². The molecule has 0 bridgehead atoms. The smallest absolute Gasteiger partial charge is 0.357 e. The topological polar surface area (TPSA) is 67.8 Å². The molecular weight excluding hydrogens is 381 g/mol. The van der Waals surface area contributed by atoms with Crippen LogP contribution in [0, 0.1) is 0 Å². The summed E-state index contributed by atoms with van der Waals surface area (Å²) in [6.45, 7) is 0.821. The fraction of sp³-hybridized carbons (Fsp3) is 0.250. The third kappa shape index (κ3) is 3.96. The van der Waals surface area contributed by atoms with Crippen molar-refractivity contribution in [1.82, 2.24) is 0 Å². The Morgan fingerprint density at radius 3 is 2.26 bits per heavy atom. The van der Waals surface area contributed by atoms with Crippen LogP contribution >= 0.6 is 23.5 Å². The van der Waals surface area contributed by atoms with Crippen LogP contribution in [0.4, 0.5) is 5.69 Å². The summed E-state index contributed by atoms with van der Waals surface area (Å²) in [6.07, 6.45) is 0.727. The Morgan fingerprint density at radius 1 is 1.04 bits per heavy atom. The van der Waals surface area contributed by atoms with Crippen molar-refractivity contribution in [3.63, 3.8) is 0 Å². The molecule has 23 heavy (non-hydrogen) atoms. The van der Waals surface area contributed by atoms with Crippen molar-refractivity contribution < 1.29 is 18.7 Å². The zero-order chi connectivity index (χ0) is 16.3. The van der Waals surface area contributed by atoms with E-state index >= 15 is 0 Å². The number of rotatable bonds is 4. The maximum absolute atomic E-state index is 13.1. The summed E-state index contributed by atoms with van der Waals surface area (Å²) >= 11 is 3.39. The van der Waals surface area contributed by atoms with Crippen LogP contribution in [0.5, 0.6) is 5.75 Å². The maximum atomic E-state index is 13.1. The van der Waals surface area contributed by atoms with E-state index in [-0.39, 0.29) is 5.75 Å². The molecule has 2 aromatic carbocycles. The van der Waals surface area contributed by atoms with Crippen LogP contribution in [0.3, 0.4) is 0 Å². The fourth-order valence-corrected chi connectivity index (χ4v) is 4.58. The van der Waals surface area contributed by atoms with Crippen molar-refractivity contribution in [3.8, 4) is 5.75 Å². The molecule has 5 nitrogen and oxygen atoms in total. The number of anilines is 1. The number of halogens is 1. The molecule has 2 aromatic rings. The van der Waals surface area contributed by atoms with E-state index < -0.39 is 13.4 Å². The van der Waals surface area contributed by atoms with Gasteiger partial charge in [-0.05, 0) is 48.4 Å². The first-order chi connectivity index (χ1) is 11.1. The van der Waals surface area contributed by atoms with E-state index in [0.717, 1.165) is 22.1 Å². The van der Waals surface area contributed by atoms with Gasteiger partial charge in [-0.15, -0.1) is 0 Å². The Morgan fingerprint density at radius 2 is 1.65 bits per heavy atom. The molecule has 2 N–H and O–H groups in total. The maximum Gasteiger partial charge on any atom is 0.357 e. The van der Waals surface area contributed by atoms with E-state index in [1.807, 2.05) is 24.3 Å². The van der Waals surface area contributed by atoms with Gasteiger partial charge in [0.15, 0.2) is 5.78 Å². The average Bonchev–Trinajstić information content (AvgIpc) is 2.56. The molecule has 1 saturated heterocycles. The molecular formula is C16H17BrNO4P. The zero-order valence-corrected chi connectivity index (χ0v) is 14.8. The molecule has 7 heteroatoms. The van der Waals surface area contributed by atoms with Gasteiger partial charge in [-0.25, -0.2) is 0 Å². The van der Waals surface area contributed by atoms with E-state index in [0.29, 0.717) is 13.2 Å². The van der Waals surface area contributed by atoms with E-state index in [2.05, 4.69) is 21.2 Å². The van der Waals surface area contributed by atoms with Gasteiger partial charge in [-0.1, -0.05) is 28.1 Å². The Hall–Kier alpha value is -1.33. The SMILES string of the molecule is O=P1([C@@H](Nc2ccc(Br)cc2)c2ccc(O)cc2)OCCCO1. The van der Waals surface area contributed by atoms with Crippen molar-refractivity contribution in [2.45, 2.75) is 12.2 Å². The molecule has 0 unspecified atom stereocenters. The molecule has 1 heterocycles. The second-order valence-electron chi connectivity index (χ2n) is 5.21. The lowest BCUT2D eigenvalue weighted by atomic mass is 10.2. The molecule has 3 rings (SSSR count). The van der Waals surface area contributed by atoms with Crippen molar-refractivity contribution in [3.05, 3.63) is 58.6 Å². The Bertz CT molecular complexity index is 695. The van der Waals surface area contributed by atoms with E-state index in [1.165, 1.54) is 0 Å². The molecule has 0 amide bonds. The quantitative estimate of drug-likeness (QED) is 0.718. The first kappa shape index (κ1) is 16.5. The van der Waals surface area contributed by atoms with Gasteiger partial charge in [0.2, 0.25) is 0 Å². The molecule has 0 radical (unpaired) electrons. The Balaban J connectivity index is 1.93. The predicted octanol–water partition coefficient (Wildman–Crippen LogP) is 4.90. The van der Waals surface area contributed by atoms with Crippen LogP contribution in [0.15, 0.2) is 53.0 Å². The highest BCUT2D eigenvalue weighted by Crippen LogP contribution is 2.62. The highest BCUT2D eigenvalue weighted by Gasteiger charge is 2.39. The molecule has 1 aliphatic rings. The van der Waals surface area contributed by atoms with Crippen molar-refractivity contribution in [1.29, 1.82) is 0 Å². The summed E-state index contributed by atoms with van der Waals surface area (Å²) < 4.78 is 25.1. The number of hydrogen-bond donors (Lipinski definition) is 2. The number of benzene rings is 2. The first-order valence-corrected chi connectivity index (χ1v) is 9.67. The molecule has 1 aliphatic heterocycles. The monoisotopic (exact) mass is 397 g/mol. The van der Waals surface area contributed by atoms with Crippen molar-refractivity contribution in [2.75, 3.05) is 18.5 Å². The van der Waals surface area contributed by atoms with Gasteiger partial charge < -0.3 is 19.5 Å². The van der Waals surface area contributed by atoms with E-state index in [1.54, 1.807) is 24.3 Å². The summed E-state index contributed by atoms with van der Waals surface area (Å²) in [7, 11) is -3.34. The molecule has 0 saturated carbocycles. The van der Waals surface area contributed by atoms with Gasteiger partial charge in [0.1, 0.15) is 5.75 Å². The van der Waals surface area contributed by atoms with Gasteiger partial charge in [0, 0.05) is 10.2 Å². The molecule has 122 valence electrons. The average molecular weight is 398 g/mol. The lowest BCUT2D eigenvalue weighted by molar-refractivity contribution is 0.141. The highest BCUT2D eigenvalue weighted by molar-refractivity contribution is 9.10. The summed E-state index contributed by atoms with van der Waals surface area (Å²) in [5.74, 6) is -0.482. The number of phenolic OH excluding ortho intramolecular Hbond substituents is 1. The van der Waals surface area contributed by atoms with Crippen molar-refractivity contribution >= 4 is 29.2 Å². The second kappa shape index (κ2) is 7.05. The van der Waals surface area contributed by atoms with Gasteiger partial charge in [-0.3, -0.25) is 4.57 Å². The van der Waals surface area contributed by atoms with Gasteiger partial charge >= 0.3 is 7.60 Å². The summed E-state index contributed by atoms with van der Waals surface area (Å²) in [6, 6.07) is 14.1. The molecule has 1 fully saturated rings. The largest absolute Gasteiger partial charge is 0.508 e. The van der Waals surface area contributed by atoms with E-state index in [4.69, 9.17) is 9.05 Å². The van der Waals surface area contributed by atoms with Crippen LogP contribution in [0.2, 0.25) is 0 Å². The molecule has 1 atom stereocenters. The second-order valence-corrected chi connectivity index (χ2v) is 8.23. The number of nitrogens with one attached hydrogen (secondary N) is 1. The standard InChI is InChI=1S/C16H17BrNO4P/c17-13-4-6-14(7-5-13)18-16(12-2-8-15(19)9-3-12)23(20)21-10-1-11-22-23/h2-9,16,18-19H,1,10-11H2/t16-/m1/s1. The Labute approximate surface area is 143 Å². The van der Waals surface area contributed by atoms with E-state index in [9.17, 15) is 9.67 Å². The van der Waals surface area contributed by atoms with Crippen LogP contribution < -0.4 is 5.32 Å². The number of hydrogen-bond acceptors (Lipinski definition) is 5. The molecule has 0 aromatic heterocycles. The minimum absolute atomic E-state index is 0.153. The summed E-state index contributed by atoms with van der Waals surface area (Å²) in [4.78, 5) is 0. The highest BCUT2D eigenvalue weighted by atomic mass is 79.9. The minimum atomic E-state index is -3.34. The van der Waals surface area contributed by atoms with Crippen LogP contribution in [0.1, 0.15) is 17.8 Å². The minimum Gasteiger partial charge on any atom is -0.508 e. The normalized spacial score (nSPS) is 18.3. The fourth-order valence-electron chi connectivity index (χ4n) is 2.33. The van der Waals surface area contributed by atoms with Gasteiger partial charge in [-0.2, -0.15) is 0 Å².